The lowest BCUT2D eigenvalue weighted by Gasteiger charge is -2.47. The predicted molar refractivity (Wildman–Crippen MR) is 113 cm³/mol. The lowest BCUT2D eigenvalue weighted by Crippen LogP contribution is -2.64. The Morgan fingerprint density at radius 3 is 2.69 bits per heavy atom. The van der Waals surface area contributed by atoms with E-state index in [1.54, 1.807) is 19.5 Å². The molecule has 0 amide bonds. The molecule has 29 heavy (non-hydrogen) atoms. The van der Waals surface area contributed by atoms with Gasteiger partial charge in [-0.3, -0.25) is 0 Å². The minimum Gasteiger partial charge on any atom is -0.382 e. The van der Waals surface area contributed by atoms with Gasteiger partial charge in [0, 0.05) is 51.0 Å². The molecule has 152 valence electrons. The molecule has 1 aliphatic heterocycles. The van der Waals surface area contributed by atoms with Crippen molar-refractivity contribution in [2.75, 3.05) is 38.3 Å². The Bertz CT molecular complexity index is 881. The van der Waals surface area contributed by atoms with Gasteiger partial charge in [-0.15, -0.1) is 0 Å². The van der Waals surface area contributed by atoms with Crippen LogP contribution in [0.1, 0.15) is 18.5 Å². The fourth-order valence-corrected chi connectivity index (χ4v) is 4.20. The summed E-state index contributed by atoms with van der Waals surface area (Å²) in [6.07, 6.45) is 8.43. The molecule has 1 atom stereocenters. The first-order valence-electron chi connectivity index (χ1n) is 10.2. The molecular formula is C22H28N6O. The highest BCUT2D eigenvalue weighted by atomic mass is 16.5. The molecule has 1 N–H and O–H groups in total. The van der Waals surface area contributed by atoms with Gasteiger partial charge >= 0.3 is 0 Å². The number of nitrogens with zero attached hydrogens (tertiary/aromatic N) is 5. The molecule has 0 radical (unpaired) electrons. The summed E-state index contributed by atoms with van der Waals surface area (Å²) in [5.41, 5.74) is 2.15. The maximum atomic E-state index is 5.66. The molecule has 2 aromatic heterocycles. The number of hydrogen-bond acceptors (Lipinski definition) is 6. The molecule has 1 fully saturated rings. The Labute approximate surface area is 171 Å². The minimum atomic E-state index is -0.161. The molecule has 7 nitrogen and oxygen atoms in total. The summed E-state index contributed by atoms with van der Waals surface area (Å²) < 4.78 is 7.69. The van der Waals surface area contributed by atoms with E-state index in [0.29, 0.717) is 6.61 Å². The summed E-state index contributed by atoms with van der Waals surface area (Å²) in [5.74, 6) is 0.778. The number of methoxy groups -OCH3 is 1. The van der Waals surface area contributed by atoms with Crippen molar-refractivity contribution in [3.05, 3.63) is 66.7 Å². The number of aryl methyl sites for hydroxylation is 1. The smallest absolute Gasteiger partial charge is 0.225 e. The SMILES string of the molecule is COCC1(CCCc2ccnn2-c2ccccc2)CNCCN1c1ncccn1. The zero-order chi connectivity index (χ0) is 19.9. The van der Waals surface area contributed by atoms with Crippen LogP contribution in [-0.4, -0.2) is 58.6 Å². The zero-order valence-electron chi connectivity index (χ0n) is 16.9. The maximum Gasteiger partial charge on any atom is 0.225 e. The Balaban J connectivity index is 1.50. The topological polar surface area (TPSA) is 68.1 Å². The first-order chi connectivity index (χ1) is 14.3. The average molecular weight is 393 g/mol. The fourth-order valence-electron chi connectivity index (χ4n) is 4.20. The molecule has 7 heteroatoms. The third-order valence-electron chi connectivity index (χ3n) is 5.54. The number of piperazine rings is 1. The molecule has 3 aromatic rings. The number of para-hydroxylation sites is 1. The Kier molecular flexibility index (Phi) is 6.17. The van der Waals surface area contributed by atoms with Crippen molar-refractivity contribution < 1.29 is 4.74 Å². The number of hydrogen-bond donors (Lipinski definition) is 1. The molecule has 1 saturated heterocycles. The van der Waals surface area contributed by atoms with Gasteiger partial charge in [0.2, 0.25) is 5.95 Å². The van der Waals surface area contributed by atoms with Crippen LogP contribution in [0.25, 0.3) is 5.69 Å². The second-order valence-corrected chi connectivity index (χ2v) is 7.46. The van der Waals surface area contributed by atoms with Crippen molar-refractivity contribution in [1.29, 1.82) is 0 Å². The second kappa shape index (κ2) is 9.15. The van der Waals surface area contributed by atoms with Crippen LogP contribution in [0.15, 0.2) is 61.1 Å². The molecule has 4 rings (SSSR count). The van der Waals surface area contributed by atoms with Crippen LogP contribution in [0.5, 0.6) is 0 Å². The summed E-state index contributed by atoms with van der Waals surface area (Å²) in [6.45, 7) is 3.28. The van der Waals surface area contributed by atoms with Gasteiger partial charge < -0.3 is 15.0 Å². The molecule has 0 saturated carbocycles. The molecule has 1 aliphatic rings. The van der Waals surface area contributed by atoms with Gasteiger partial charge in [0.1, 0.15) is 0 Å². The molecule has 0 spiro atoms. The average Bonchev–Trinajstić information content (AvgIpc) is 3.24. The number of benzene rings is 1. The lowest BCUT2D eigenvalue weighted by molar-refractivity contribution is 0.109. The normalized spacial score (nSPS) is 19.4. The number of nitrogens with one attached hydrogen (secondary N) is 1. The number of aromatic nitrogens is 4. The minimum absolute atomic E-state index is 0.161. The summed E-state index contributed by atoms with van der Waals surface area (Å²) in [4.78, 5) is 11.3. The highest BCUT2D eigenvalue weighted by Crippen LogP contribution is 2.28. The van der Waals surface area contributed by atoms with Crippen molar-refractivity contribution in [3.8, 4) is 5.69 Å². The van der Waals surface area contributed by atoms with Crippen LogP contribution >= 0.6 is 0 Å². The van der Waals surface area contributed by atoms with Crippen molar-refractivity contribution in [2.45, 2.75) is 24.8 Å². The van der Waals surface area contributed by atoms with Crippen molar-refractivity contribution in [1.82, 2.24) is 25.1 Å². The molecule has 0 aliphatic carbocycles. The summed E-state index contributed by atoms with van der Waals surface area (Å²) in [6, 6.07) is 14.2. The fraction of sp³-hybridized carbons (Fsp3) is 0.409. The number of rotatable bonds is 8. The Morgan fingerprint density at radius 1 is 1.07 bits per heavy atom. The van der Waals surface area contributed by atoms with Gasteiger partial charge in [0.05, 0.1) is 17.8 Å². The summed E-state index contributed by atoms with van der Waals surface area (Å²) in [5, 5.41) is 8.06. The quantitative estimate of drug-likeness (QED) is 0.635. The van der Waals surface area contributed by atoms with Crippen LogP contribution in [0.4, 0.5) is 5.95 Å². The second-order valence-electron chi connectivity index (χ2n) is 7.46. The van der Waals surface area contributed by atoms with Crippen LogP contribution in [0, 0.1) is 0 Å². The zero-order valence-corrected chi connectivity index (χ0v) is 16.9. The number of ether oxygens (including phenoxy) is 1. The lowest BCUT2D eigenvalue weighted by atomic mass is 9.89. The van der Waals surface area contributed by atoms with Crippen LogP contribution in [0.3, 0.4) is 0 Å². The third-order valence-corrected chi connectivity index (χ3v) is 5.54. The van der Waals surface area contributed by atoms with E-state index >= 15 is 0 Å². The van der Waals surface area contributed by atoms with Gasteiger partial charge in [-0.25, -0.2) is 14.6 Å². The Hall–Kier alpha value is -2.77. The first kappa shape index (κ1) is 19.5. The maximum absolute atomic E-state index is 5.66. The summed E-state index contributed by atoms with van der Waals surface area (Å²) >= 11 is 0. The van der Waals surface area contributed by atoms with Crippen LogP contribution < -0.4 is 10.2 Å². The largest absolute Gasteiger partial charge is 0.382 e. The van der Waals surface area contributed by atoms with Crippen LogP contribution in [0.2, 0.25) is 0 Å². The van der Waals surface area contributed by atoms with Gasteiger partial charge in [-0.1, -0.05) is 18.2 Å². The van der Waals surface area contributed by atoms with Crippen molar-refractivity contribution >= 4 is 5.95 Å². The van der Waals surface area contributed by atoms with Gasteiger partial charge in [0.15, 0.2) is 0 Å². The van der Waals surface area contributed by atoms with E-state index in [9.17, 15) is 0 Å². The first-order valence-corrected chi connectivity index (χ1v) is 10.2. The van der Waals surface area contributed by atoms with E-state index in [1.807, 2.05) is 35.1 Å². The van der Waals surface area contributed by atoms with E-state index in [4.69, 9.17) is 4.74 Å². The molecule has 1 unspecified atom stereocenters. The van der Waals surface area contributed by atoms with Crippen LogP contribution in [-0.2, 0) is 11.2 Å². The summed E-state index contributed by atoms with van der Waals surface area (Å²) in [7, 11) is 1.77. The van der Waals surface area contributed by atoms with Crippen molar-refractivity contribution in [3.63, 3.8) is 0 Å². The monoisotopic (exact) mass is 392 g/mol. The standard InChI is InChI=1S/C22H28N6O/c1-29-18-22(17-23-15-16-27(22)21-24-12-6-13-25-21)11-5-9-20-10-14-26-28(20)19-7-3-2-4-8-19/h2-4,6-8,10,12-14,23H,5,9,11,15-18H2,1H3. The van der Waals surface area contributed by atoms with E-state index in [1.165, 1.54) is 5.69 Å². The molecule has 3 heterocycles. The Morgan fingerprint density at radius 2 is 1.90 bits per heavy atom. The van der Waals surface area contributed by atoms with Gasteiger partial charge in [-0.2, -0.15) is 5.10 Å². The predicted octanol–water partition coefficient (Wildman–Crippen LogP) is 2.48. The highest BCUT2D eigenvalue weighted by Gasteiger charge is 2.40. The molecule has 0 bridgehead atoms. The van der Waals surface area contributed by atoms with E-state index in [2.05, 4.69) is 43.5 Å². The number of anilines is 1. The van der Waals surface area contributed by atoms with E-state index < -0.39 is 0 Å². The van der Waals surface area contributed by atoms with Gasteiger partial charge in [-0.05, 0) is 43.5 Å². The van der Waals surface area contributed by atoms with Crippen molar-refractivity contribution in [2.24, 2.45) is 0 Å². The van der Waals surface area contributed by atoms with E-state index in [-0.39, 0.29) is 5.54 Å². The molecular weight excluding hydrogens is 364 g/mol. The highest BCUT2D eigenvalue weighted by molar-refractivity contribution is 5.37. The molecule has 1 aromatic carbocycles. The van der Waals surface area contributed by atoms with E-state index in [0.717, 1.165) is 50.5 Å². The van der Waals surface area contributed by atoms with Gasteiger partial charge in [0.25, 0.3) is 0 Å². The third kappa shape index (κ3) is 4.31.